The van der Waals surface area contributed by atoms with Crippen molar-refractivity contribution in [3.8, 4) is 0 Å². The van der Waals surface area contributed by atoms with Crippen molar-refractivity contribution in [3.63, 3.8) is 0 Å². The molecule has 100 valence electrons. The fourth-order valence-corrected chi connectivity index (χ4v) is 1.39. The van der Waals surface area contributed by atoms with Crippen LogP contribution >= 0.6 is 0 Å². The molecule has 0 unspecified atom stereocenters. The molecular weight excluding hydrogens is 256 g/mol. The van der Waals surface area contributed by atoms with Gasteiger partial charge in [-0.15, -0.1) is 0 Å². The summed E-state index contributed by atoms with van der Waals surface area (Å²) in [6.45, 7) is -0.0246. The van der Waals surface area contributed by atoms with Crippen molar-refractivity contribution in [2.75, 3.05) is 18.0 Å². The largest absolute Gasteiger partial charge is 0.478 e. The smallest absolute Gasteiger partial charge is 0.405 e. The summed E-state index contributed by atoms with van der Waals surface area (Å²) in [5.74, 6) is -2.85. The maximum absolute atomic E-state index is 12.8. The Morgan fingerprint density at radius 1 is 1.50 bits per heavy atom. The van der Waals surface area contributed by atoms with Crippen LogP contribution in [0.15, 0.2) is 12.3 Å². The molecule has 0 aliphatic heterocycles. The Bertz CT molecular complexity index is 448. The van der Waals surface area contributed by atoms with Gasteiger partial charge in [0.15, 0.2) is 0 Å². The quantitative estimate of drug-likeness (QED) is 0.850. The Morgan fingerprint density at radius 2 is 2.11 bits per heavy atom. The molecule has 0 radical (unpaired) electrons. The molecule has 1 aromatic heterocycles. The van der Waals surface area contributed by atoms with E-state index in [1.807, 2.05) is 0 Å². The van der Waals surface area contributed by atoms with Gasteiger partial charge >= 0.3 is 12.1 Å². The second kappa shape index (κ2) is 5.19. The van der Waals surface area contributed by atoms with Gasteiger partial charge in [0.2, 0.25) is 0 Å². The lowest BCUT2D eigenvalue weighted by Gasteiger charge is -2.24. The highest BCUT2D eigenvalue weighted by Crippen LogP contribution is 2.23. The highest BCUT2D eigenvalue weighted by molar-refractivity contribution is 5.93. The third-order valence-corrected chi connectivity index (χ3v) is 2.12. The minimum atomic E-state index is -4.50. The number of hydrogen-bond donors (Lipinski definition) is 1. The van der Waals surface area contributed by atoms with E-state index in [1.165, 1.54) is 6.92 Å². The summed E-state index contributed by atoms with van der Waals surface area (Å²) in [5.41, 5.74) is -0.596. The minimum absolute atomic E-state index is 0.0988. The molecule has 8 heteroatoms. The lowest BCUT2D eigenvalue weighted by Crippen LogP contribution is -2.35. The molecule has 1 N–H and O–H groups in total. The number of carbonyl (C=O) groups is 1. The van der Waals surface area contributed by atoms with Gasteiger partial charge < -0.3 is 10.0 Å². The van der Waals surface area contributed by atoms with Gasteiger partial charge in [0.1, 0.15) is 23.7 Å². The fraction of sp³-hybridized carbons (Fsp3) is 0.400. The van der Waals surface area contributed by atoms with E-state index in [9.17, 15) is 22.4 Å². The van der Waals surface area contributed by atoms with Crippen molar-refractivity contribution in [1.82, 2.24) is 4.98 Å². The van der Waals surface area contributed by atoms with Crippen LogP contribution in [-0.4, -0.2) is 35.3 Å². The number of aromatic carboxylic acids is 1. The number of alkyl halides is 3. The zero-order valence-corrected chi connectivity index (χ0v) is 9.33. The van der Waals surface area contributed by atoms with Crippen molar-refractivity contribution >= 4 is 11.8 Å². The van der Waals surface area contributed by atoms with Gasteiger partial charge in [0, 0.05) is 6.54 Å². The molecule has 0 spiro atoms. The summed E-state index contributed by atoms with van der Waals surface area (Å²) in [6, 6.07) is 0.643. The van der Waals surface area contributed by atoms with Crippen molar-refractivity contribution in [3.05, 3.63) is 23.6 Å². The molecule has 0 amide bonds. The lowest BCUT2D eigenvalue weighted by molar-refractivity contribution is -0.119. The van der Waals surface area contributed by atoms with E-state index in [4.69, 9.17) is 5.11 Å². The van der Waals surface area contributed by atoms with E-state index >= 15 is 0 Å². The first kappa shape index (κ1) is 14.2. The third kappa shape index (κ3) is 3.57. The SMILES string of the molecule is CCN(CC(F)(F)F)c1ncc(F)cc1C(=O)O. The highest BCUT2D eigenvalue weighted by atomic mass is 19.4. The number of nitrogens with zero attached hydrogens (tertiary/aromatic N) is 2. The first-order valence-corrected chi connectivity index (χ1v) is 4.95. The van der Waals surface area contributed by atoms with E-state index < -0.39 is 35.9 Å². The van der Waals surface area contributed by atoms with Crippen LogP contribution in [0.4, 0.5) is 23.4 Å². The first-order chi connectivity index (χ1) is 8.24. The van der Waals surface area contributed by atoms with Gasteiger partial charge in [-0.3, -0.25) is 0 Å². The molecule has 1 aromatic rings. The molecule has 0 saturated carbocycles. The predicted molar refractivity (Wildman–Crippen MR) is 55.1 cm³/mol. The van der Waals surface area contributed by atoms with Crippen molar-refractivity contribution in [2.45, 2.75) is 13.1 Å². The zero-order chi connectivity index (χ0) is 13.9. The van der Waals surface area contributed by atoms with Gasteiger partial charge in [-0.25, -0.2) is 14.2 Å². The Hall–Kier alpha value is -1.86. The number of carboxylic acid groups (broad SMARTS) is 1. The first-order valence-electron chi connectivity index (χ1n) is 4.95. The average molecular weight is 266 g/mol. The molecule has 0 bridgehead atoms. The zero-order valence-electron chi connectivity index (χ0n) is 9.33. The van der Waals surface area contributed by atoms with Crippen LogP contribution in [0.3, 0.4) is 0 Å². The van der Waals surface area contributed by atoms with Crippen LogP contribution in [-0.2, 0) is 0 Å². The second-order valence-electron chi connectivity index (χ2n) is 3.46. The van der Waals surface area contributed by atoms with Crippen LogP contribution in [0, 0.1) is 5.82 Å². The molecule has 0 aromatic carbocycles. The van der Waals surface area contributed by atoms with E-state index in [1.54, 1.807) is 0 Å². The van der Waals surface area contributed by atoms with Gasteiger partial charge in [0.25, 0.3) is 0 Å². The molecule has 1 rings (SSSR count). The molecule has 1 heterocycles. The number of hydrogen-bond acceptors (Lipinski definition) is 3. The van der Waals surface area contributed by atoms with Crippen LogP contribution in [0.1, 0.15) is 17.3 Å². The summed E-state index contributed by atoms with van der Waals surface area (Å²) < 4.78 is 49.7. The predicted octanol–water partition coefficient (Wildman–Crippen LogP) is 2.31. The van der Waals surface area contributed by atoms with E-state index in [0.29, 0.717) is 12.3 Å². The van der Waals surface area contributed by atoms with Crippen LogP contribution in [0.2, 0.25) is 0 Å². The number of rotatable bonds is 4. The Labute approximate surface area is 99.9 Å². The average Bonchev–Trinajstić information content (AvgIpc) is 2.24. The summed E-state index contributed by atoms with van der Waals surface area (Å²) >= 11 is 0. The maximum atomic E-state index is 12.8. The summed E-state index contributed by atoms with van der Waals surface area (Å²) in [4.78, 5) is 15.0. The maximum Gasteiger partial charge on any atom is 0.405 e. The minimum Gasteiger partial charge on any atom is -0.478 e. The van der Waals surface area contributed by atoms with E-state index in [2.05, 4.69) is 4.98 Å². The number of halogens is 4. The van der Waals surface area contributed by atoms with E-state index in [0.717, 1.165) is 4.90 Å². The van der Waals surface area contributed by atoms with Crippen LogP contribution in [0.5, 0.6) is 0 Å². The van der Waals surface area contributed by atoms with Gasteiger partial charge in [-0.2, -0.15) is 13.2 Å². The molecule has 4 nitrogen and oxygen atoms in total. The molecular formula is C10H10F4N2O2. The molecule has 0 aliphatic carbocycles. The Morgan fingerprint density at radius 3 is 2.56 bits per heavy atom. The number of pyridine rings is 1. The van der Waals surface area contributed by atoms with Crippen LogP contribution in [0.25, 0.3) is 0 Å². The molecule has 0 atom stereocenters. The summed E-state index contributed by atoms with van der Waals surface area (Å²) in [7, 11) is 0. The highest BCUT2D eigenvalue weighted by Gasteiger charge is 2.32. The van der Waals surface area contributed by atoms with Gasteiger partial charge in [0.05, 0.1) is 6.20 Å². The molecule has 18 heavy (non-hydrogen) atoms. The molecule has 0 aliphatic rings. The number of aromatic nitrogens is 1. The summed E-state index contributed by atoms with van der Waals surface area (Å²) in [5, 5.41) is 8.82. The van der Waals surface area contributed by atoms with Gasteiger partial charge in [-0.05, 0) is 13.0 Å². The fourth-order valence-electron chi connectivity index (χ4n) is 1.39. The Balaban J connectivity index is 3.17. The standard InChI is InChI=1S/C10H10F4N2O2/c1-2-16(5-10(12,13)14)8-7(9(17)18)3-6(11)4-15-8/h3-4H,2,5H2,1H3,(H,17,18). The van der Waals surface area contributed by atoms with Gasteiger partial charge in [-0.1, -0.05) is 0 Å². The monoisotopic (exact) mass is 266 g/mol. The van der Waals surface area contributed by atoms with Crippen molar-refractivity contribution in [1.29, 1.82) is 0 Å². The van der Waals surface area contributed by atoms with E-state index in [-0.39, 0.29) is 6.54 Å². The van der Waals surface area contributed by atoms with Crippen molar-refractivity contribution < 1.29 is 27.5 Å². The van der Waals surface area contributed by atoms with Crippen LogP contribution < -0.4 is 4.90 Å². The Kier molecular flexibility index (Phi) is 4.10. The topological polar surface area (TPSA) is 53.4 Å². The molecule has 0 saturated heterocycles. The third-order valence-electron chi connectivity index (χ3n) is 2.12. The van der Waals surface area contributed by atoms with Crippen molar-refractivity contribution in [2.24, 2.45) is 0 Å². The number of carboxylic acids is 1. The normalized spacial score (nSPS) is 11.4. The second-order valence-corrected chi connectivity index (χ2v) is 3.46. The number of anilines is 1. The molecule has 0 fully saturated rings. The summed E-state index contributed by atoms with van der Waals surface area (Å²) in [6.07, 6.45) is -3.82. The lowest BCUT2D eigenvalue weighted by atomic mass is 10.2.